The number of aryl methyl sites for hydroxylation is 2. The lowest BCUT2D eigenvalue weighted by molar-refractivity contribution is -0.693. The van der Waals surface area contributed by atoms with Gasteiger partial charge in [0.05, 0.1) is 0 Å². The van der Waals surface area contributed by atoms with Crippen molar-refractivity contribution in [1.82, 2.24) is 9.97 Å². The van der Waals surface area contributed by atoms with E-state index in [4.69, 9.17) is 0 Å². The normalized spacial score (nSPS) is 11.2. The molecule has 0 bridgehead atoms. The van der Waals surface area contributed by atoms with Crippen molar-refractivity contribution in [2.75, 3.05) is 0 Å². The summed E-state index contributed by atoms with van der Waals surface area (Å²) in [4.78, 5) is 7.22. The lowest BCUT2D eigenvalue weighted by Gasteiger charge is -2.05. The Balaban J connectivity index is 0.00000147. The molecule has 0 atom stereocenters. The zero-order chi connectivity index (χ0) is 24.2. The maximum Gasteiger partial charge on any atom is 0.202 e. The van der Waals surface area contributed by atoms with E-state index in [9.17, 15) is 0 Å². The van der Waals surface area contributed by atoms with Crippen LogP contribution in [-0.4, -0.2) is 9.97 Å². The number of pyridine rings is 2. The van der Waals surface area contributed by atoms with Crippen LogP contribution in [0.5, 0.6) is 0 Å². The van der Waals surface area contributed by atoms with Gasteiger partial charge in [-0.1, -0.05) is 60.7 Å². The second-order valence-electron chi connectivity index (χ2n) is 9.79. The van der Waals surface area contributed by atoms with Crippen molar-refractivity contribution in [1.29, 1.82) is 0 Å². The minimum atomic E-state index is 0. The molecule has 0 amide bonds. The molecule has 0 unspecified atom stereocenters. The van der Waals surface area contributed by atoms with E-state index in [0.29, 0.717) is 0 Å². The Morgan fingerprint density at radius 3 is 1.32 bits per heavy atom. The van der Waals surface area contributed by atoms with E-state index < -0.39 is 0 Å². The third-order valence-corrected chi connectivity index (χ3v) is 7.65. The van der Waals surface area contributed by atoms with Crippen molar-refractivity contribution in [3.05, 3.63) is 120 Å². The molecule has 190 valence electrons. The number of benzene rings is 3. The highest BCUT2D eigenvalue weighted by molar-refractivity contribution is 6.08. The summed E-state index contributed by atoms with van der Waals surface area (Å²) in [5, 5.41) is 5.14. The topological polar surface area (TPSA) is 39.3 Å². The fourth-order valence-corrected chi connectivity index (χ4v) is 5.57. The third kappa shape index (κ3) is 4.32. The first-order chi connectivity index (χ1) is 17.7. The molecule has 7 rings (SSSR count). The van der Waals surface area contributed by atoms with Crippen LogP contribution in [0.1, 0.15) is 22.5 Å². The summed E-state index contributed by atoms with van der Waals surface area (Å²) in [5.41, 5.74) is 9.93. The molecular formula is C32H28Br2N4. The zero-order valence-corrected chi connectivity index (χ0v) is 24.5. The Hall–Kier alpha value is -3.48. The van der Waals surface area contributed by atoms with Gasteiger partial charge in [0.15, 0.2) is 25.5 Å². The van der Waals surface area contributed by atoms with Gasteiger partial charge in [-0.25, -0.2) is 0 Å². The van der Waals surface area contributed by atoms with E-state index in [1.165, 1.54) is 66.1 Å². The number of aromatic nitrogens is 4. The Morgan fingerprint density at radius 2 is 0.895 bits per heavy atom. The van der Waals surface area contributed by atoms with E-state index in [0.717, 1.165) is 13.1 Å². The number of nitrogens with zero attached hydrogens (tertiary/aromatic N) is 2. The molecule has 0 aliphatic rings. The molecule has 0 spiro atoms. The summed E-state index contributed by atoms with van der Waals surface area (Å²) < 4.78 is 4.66. The van der Waals surface area contributed by atoms with Gasteiger partial charge < -0.3 is 43.9 Å². The average molecular weight is 628 g/mol. The first kappa shape index (κ1) is 26.1. The second kappa shape index (κ2) is 10.4. The van der Waals surface area contributed by atoms with E-state index in [1.54, 1.807) is 0 Å². The van der Waals surface area contributed by atoms with Gasteiger partial charge in [0.2, 0.25) is 11.4 Å². The van der Waals surface area contributed by atoms with Gasteiger partial charge in [-0.2, -0.15) is 9.13 Å². The van der Waals surface area contributed by atoms with Crippen LogP contribution in [0.25, 0.3) is 43.6 Å². The smallest absolute Gasteiger partial charge is 0.202 e. The zero-order valence-electron chi connectivity index (χ0n) is 21.3. The summed E-state index contributed by atoms with van der Waals surface area (Å²) in [6.07, 6.45) is 4.42. The van der Waals surface area contributed by atoms with Gasteiger partial charge in [0.1, 0.15) is 11.0 Å². The molecule has 3 aromatic carbocycles. The monoisotopic (exact) mass is 626 g/mol. The van der Waals surface area contributed by atoms with Gasteiger partial charge in [-0.05, 0) is 12.1 Å². The Morgan fingerprint density at radius 1 is 0.500 bits per heavy atom. The van der Waals surface area contributed by atoms with Crippen LogP contribution in [0.4, 0.5) is 0 Å². The Kier molecular flexibility index (Phi) is 7.12. The first-order valence-electron chi connectivity index (χ1n) is 12.5. The molecule has 4 nitrogen and oxygen atoms in total. The van der Waals surface area contributed by atoms with E-state index in [-0.39, 0.29) is 34.0 Å². The van der Waals surface area contributed by atoms with Crippen LogP contribution in [0.3, 0.4) is 0 Å². The number of hydrogen-bond acceptors (Lipinski definition) is 0. The lowest BCUT2D eigenvalue weighted by Crippen LogP contribution is -3.00. The van der Waals surface area contributed by atoms with Crippen molar-refractivity contribution in [2.24, 2.45) is 0 Å². The SMILES string of the molecule is Cc1c2[nH]c3ccccc3c2cc[n+]1Cc1ccc(C[n+]2ccc3c([nH]c4ccccc43)c2C)cc1.[Br-].[Br-]. The molecule has 4 heterocycles. The van der Waals surface area contributed by atoms with Crippen LogP contribution in [0.2, 0.25) is 0 Å². The minimum Gasteiger partial charge on any atom is -1.00 e. The molecule has 0 saturated heterocycles. The van der Waals surface area contributed by atoms with E-state index >= 15 is 0 Å². The number of nitrogens with one attached hydrogen (secondary N) is 2. The standard InChI is InChI=1S/C32H26N4.2BrH/c1-21-31-27(25-7-3-5-9-29(25)33-31)15-17-35(21)19-23-11-13-24(14-12-23)20-36-18-16-28-26-8-4-6-10-30(26)34-32(28)22(36)2;;/h3-18H,19-20H2,1-2H3;2*1H. The Bertz CT molecular complexity index is 1780. The minimum absolute atomic E-state index is 0. The summed E-state index contributed by atoms with van der Waals surface area (Å²) >= 11 is 0. The summed E-state index contributed by atoms with van der Waals surface area (Å²) in [6, 6.07) is 30.5. The fraction of sp³-hybridized carbons (Fsp3) is 0.125. The molecule has 0 saturated carbocycles. The first-order valence-corrected chi connectivity index (χ1v) is 12.5. The van der Waals surface area contributed by atoms with Gasteiger partial charge >= 0.3 is 0 Å². The highest BCUT2D eigenvalue weighted by Gasteiger charge is 2.17. The largest absolute Gasteiger partial charge is 1.00 e. The highest BCUT2D eigenvalue weighted by atomic mass is 79.9. The van der Waals surface area contributed by atoms with Gasteiger partial charge in [-0.15, -0.1) is 0 Å². The van der Waals surface area contributed by atoms with Crippen LogP contribution >= 0.6 is 0 Å². The number of hydrogen-bond donors (Lipinski definition) is 2. The molecule has 38 heavy (non-hydrogen) atoms. The van der Waals surface area contributed by atoms with Crippen molar-refractivity contribution < 1.29 is 43.1 Å². The van der Waals surface area contributed by atoms with Crippen LogP contribution < -0.4 is 43.1 Å². The highest BCUT2D eigenvalue weighted by Crippen LogP contribution is 2.27. The molecule has 2 N–H and O–H groups in total. The van der Waals surface area contributed by atoms with Crippen molar-refractivity contribution in [2.45, 2.75) is 26.9 Å². The van der Waals surface area contributed by atoms with Crippen molar-refractivity contribution >= 4 is 43.6 Å². The lowest BCUT2D eigenvalue weighted by atomic mass is 10.1. The number of para-hydroxylation sites is 2. The third-order valence-electron chi connectivity index (χ3n) is 7.65. The molecule has 0 aliphatic carbocycles. The van der Waals surface area contributed by atoms with Crippen LogP contribution in [-0.2, 0) is 13.1 Å². The van der Waals surface area contributed by atoms with Gasteiger partial charge in [0.25, 0.3) is 0 Å². The quantitative estimate of drug-likeness (QED) is 0.263. The predicted molar refractivity (Wildman–Crippen MR) is 146 cm³/mol. The maximum absolute atomic E-state index is 3.61. The molecule has 6 heteroatoms. The number of rotatable bonds is 4. The number of fused-ring (bicyclic) bond motifs is 6. The predicted octanol–water partition coefficient (Wildman–Crippen LogP) is 0.252. The van der Waals surface area contributed by atoms with E-state index in [1.807, 2.05) is 0 Å². The van der Waals surface area contributed by atoms with Crippen LogP contribution in [0.15, 0.2) is 97.3 Å². The fourth-order valence-electron chi connectivity index (χ4n) is 5.57. The van der Waals surface area contributed by atoms with Gasteiger partial charge in [0, 0.05) is 69.7 Å². The summed E-state index contributed by atoms with van der Waals surface area (Å²) in [6.45, 7) is 6.10. The second-order valence-corrected chi connectivity index (χ2v) is 9.79. The summed E-state index contributed by atoms with van der Waals surface area (Å²) in [5.74, 6) is 0. The molecule has 0 radical (unpaired) electrons. The van der Waals surface area contributed by atoms with Crippen molar-refractivity contribution in [3.63, 3.8) is 0 Å². The maximum atomic E-state index is 3.61. The molecule has 7 aromatic rings. The molecular weight excluding hydrogens is 600 g/mol. The average Bonchev–Trinajstić information content (AvgIpc) is 3.48. The summed E-state index contributed by atoms with van der Waals surface area (Å²) in [7, 11) is 0. The van der Waals surface area contributed by atoms with Gasteiger partial charge in [-0.3, -0.25) is 0 Å². The van der Waals surface area contributed by atoms with Crippen molar-refractivity contribution in [3.8, 4) is 0 Å². The Labute approximate surface area is 242 Å². The van der Waals surface area contributed by atoms with Crippen LogP contribution in [0, 0.1) is 13.8 Å². The molecule has 4 aromatic heterocycles. The van der Waals surface area contributed by atoms with E-state index in [2.05, 4.69) is 130 Å². The molecule has 0 fully saturated rings. The number of halogens is 2. The number of aromatic amines is 2. The number of H-pyrrole nitrogens is 2. The molecule has 0 aliphatic heterocycles.